The van der Waals surface area contributed by atoms with E-state index in [-0.39, 0.29) is 0 Å². The zero-order valence-electron chi connectivity index (χ0n) is 2.81. The van der Waals surface area contributed by atoms with Crippen LogP contribution in [-0.4, -0.2) is 18.5 Å². The smallest absolute Gasteiger partial charge is 0.121 e. The topological polar surface area (TPSA) is 37.3 Å². The largest absolute Gasteiger partial charge is 0.213 e. The molecule has 5 heavy (non-hydrogen) atoms. The van der Waals surface area contributed by atoms with Gasteiger partial charge in [-0.2, -0.15) is 10.5 Å². The molecule has 0 radical (unpaired) electrons. The van der Waals surface area contributed by atoms with Crippen molar-refractivity contribution in [3.8, 4) is 0 Å². The van der Waals surface area contributed by atoms with Crippen molar-refractivity contribution in [3.63, 3.8) is 0 Å². The average molecular weight is 71.1 g/mol. The molecule has 0 aliphatic carbocycles. The van der Waals surface area contributed by atoms with Gasteiger partial charge < -0.3 is 0 Å². The number of nitrogens with zero attached hydrogens (tertiary/aromatic N) is 2. The molecule has 1 saturated heterocycles. The molecule has 3 nitrogen and oxygen atoms in total. The molecule has 0 amide bonds. The van der Waals surface area contributed by atoms with Crippen molar-refractivity contribution in [1.82, 2.24) is 10.5 Å². The first-order valence-electron chi connectivity index (χ1n) is 1.41. The second-order valence-electron chi connectivity index (χ2n) is 0.857. The Kier molecular flexibility index (Phi) is 0.365. The monoisotopic (exact) mass is 71.0 g/mol. The van der Waals surface area contributed by atoms with Crippen molar-refractivity contribution in [2.75, 3.05) is 6.67 Å². The van der Waals surface area contributed by atoms with Gasteiger partial charge in [0.1, 0.15) is 6.67 Å². The third kappa shape index (κ3) is 0.357. The van der Waals surface area contributed by atoms with E-state index >= 15 is 0 Å². The Morgan fingerprint density at radius 2 is 2.60 bits per heavy atom. The molecule has 28 valence electrons. The third-order valence-electron chi connectivity index (χ3n) is 0.470. The zero-order valence-corrected chi connectivity index (χ0v) is 2.81. The first-order chi connectivity index (χ1) is 2.43. The average Bonchev–Trinajstić information content (AvgIpc) is 2.12. The van der Waals surface area contributed by atoms with Gasteiger partial charge in [0.15, 0.2) is 0 Å². The normalized spacial score (nSPS) is 18.8. The molecule has 1 rings (SSSR count). The fourth-order valence-corrected chi connectivity index (χ4v) is 0.132. The minimum Gasteiger partial charge on any atom is -0.213 e. The highest BCUT2D eigenvalue weighted by Crippen LogP contribution is 1.88. The number of hydrogen-bond acceptors (Lipinski definition) is 3. The Bertz CT molecular complexity index is 46.9. The lowest BCUT2D eigenvalue weighted by atomic mass is 11.4. The summed E-state index contributed by atoms with van der Waals surface area (Å²) in [6.45, 7) is 4.10. The van der Waals surface area contributed by atoms with Crippen LogP contribution in [0.2, 0.25) is 0 Å². The van der Waals surface area contributed by atoms with Crippen LogP contribution in [0.1, 0.15) is 0 Å². The Morgan fingerprint density at radius 1 is 2.00 bits per heavy atom. The fourth-order valence-electron chi connectivity index (χ4n) is 0.132. The lowest BCUT2D eigenvalue weighted by Crippen LogP contribution is -1.82. The molecule has 1 aliphatic rings. The maximum atomic E-state index is 3.47. The lowest BCUT2D eigenvalue weighted by molar-refractivity contribution is 0.559. The van der Waals surface area contributed by atoms with E-state index < -0.39 is 0 Å². The van der Waals surface area contributed by atoms with Crippen LogP contribution in [0.5, 0.6) is 0 Å². The summed E-state index contributed by atoms with van der Waals surface area (Å²) in [4.78, 5) is 0. The summed E-state index contributed by atoms with van der Waals surface area (Å²) in [5.41, 5.74) is 2.79. The SMILES string of the molecule is C=NN1CN1. The maximum Gasteiger partial charge on any atom is 0.121 e. The molecule has 0 aromatic heterocycles. The third-order valence-corrected chi connectivity index (χ3v) is 0.470. The van der Waals surface area contributed by atoms with Gasteiger partial charge in [0.2, 0.25) is 0 Å². The Morgan fingerprint density at radius 3 is 2.60 bits per heavy atom. The van der Waals surface area contributed by atoms with Gasteiger partial charge in [-0.3, -0.25) is 0 Å². The predicted molar refractivity (Wildman–Crippen MR) is 19.4 cm³/mol. The van der Waals surface area contributed by atoms with E-state index in [1.165, 1.54) is 0 Å². The van der Waals surface area contributed by atoms with E-state index in [0.29, 0.717) is 0 Å². The number of hydrazone groups is 1. The first-order valence-corrected chi connectivity index (χ1v) is 1.41. The van der Waals surface area contributed by atoms with Crippen LogP contribution in [0.3, 0.4) is 0 Å². The highest BCUT2D eigenvalue weighted by atomic mass is 15.9. The molecule has 0 aromatic rings. The molecule has 1 N–H and O–H groups in total. The van der Waals surface area contributed by atoms with Crippen molar-refractivity contribution < 1.29 is 0 Å². The minimum absolute atomic E-state index is 0.865. The number of hydrogen-bond donors (Lipinski definition) is 1. The van der Waals surface area contributed by atoms with Crippen LogP contribution in [0, 0.1) is 0 Å². The van der Waals surface area contributed by atoms with E-state index in [9.17, 15) is 0 Å². The molecule has 3 heteroatoms. The summed E-state index contributed by atoms with van der Waals surface area (Å²) in [5, 5.41) is 5.11. The summed E-state index contributed by atoms with van der Waals surface area (Å²) in [5.74, 6) is 0. The molecule has 0 unspecified atom stereocenters. The Hall–Kier alpha value is -0.570. The van der Waals surface area contributed by atoms with Gasteiger partial charge in [-0.05, 0) is 0 Å². The van der Waals surface area contributed by atoms with Crippen molar-refractivity contribution >= 4 is 6.72 Å². The van der Waals surface area contributed by atoms with Gasteiger partial charge >= 0.3 is 0 Å². The summed E-state index contributed by atoms with van der Waals surface area (Å²) < 4.78 is 0. The van der Waals surface area contributed by atoms with Gasteiger partial charge in [-0.15, -0.1) is 0 Å². The fraction of sp³-hybridized carbons (Fsp3) is 0.500. The Balaban J connectivity index is 2.21. The molecular formula is C2H5N3. The lowest BCUT2D eigenvalue weighted by Gasteiger charge is -1.74. The van der Waals surface area contributed by atoms with Gasteiger partial charge in [0.25, 0.3) is 0 Å². The second kappa shape index (κ2) is 0.687. The molecule has 1 fully saturated rings. The van der Waals surface area contributed by atoms with Crippen LogP contribution >= 0.6 is 0 Å². The zero-order chi connectivity index (χ0) is 3.70. The molecule has 0 saturated carbocycles. The molecule has 0 atom stereocenters. The van der Waals surface area contributed by atoms with E-state index in [2.05, 4.69) is 17.2 Å². The number of rotatable bonds is 1. The van der Waals surface area contributed by atoms with E-state index in [1.807, 2.05) is 0 Å². The highest BCUT2D eigenvalue weighted by Gasteiger charge is 2.08. The van der Waals surface area contributed by atoms with E-state index in [0.717, 1.165) is 6.67 Å². The summed E-state index contributed by atoms with van der Waals surface area (Å²) in [7, 11) is 0. The van der Waals surface area contributed by atoms with Gasteiger partial charge in [-0.1, -0.05) is 0 Å². The van der Waals surface area contributed by atoms with E-state index in [1.54, 1.807) is 5.12 Å². The van der Waals surface area contributed by atoms with Crippen LogP contribution in [0.4, 0.5) is 0 Å². The standard InChI is InChI=1S/C2H5N3/c1-3-5-2-4-5/h4H,1-2H2. The molecule has 1 aliphatic heterocycles. The van der Waals surface area contributed by atoms with Gasteiger partial charge in [-0.25, -0.2) is 5.12 Å². The van der Waals surface area contributed by atoms with Crippen molar-refractivity contribution in [2.45, 2.75) is 0 Å². The van der Waals surface area contributed by atoms with Crippen molar-refractivity contribution in [3.05, 3.63) is 0 Å². The molecule has 0 spiro atoms. The van der Waals surface area contributed by atoms with Crippen molar-refractivity contribution in [1.29, 1.82) is 0 Å². The van der Waals surface area contributed by atoms with Crippen LogP contribution < -0.4 is 5.43 Å². The van der Waals surface area contributed by atoms with Gasteiger partial charge in [0, 0.05) is 6.72 Å². The predicted octanol–water partition coefficient (Wildman–Crippen LogP) is -0.620. The van der Waals surface area contributed by atoms with Crippen LogP contribution in [0.25, 0.3) is 0 Å². The molecule has 1 heterocycles. The quantitative estimate of drug-likeness (QED) is 0.330. The highest BCUT2D eigenvalue weighted by molar-refractivity contribution is 5.22. The first kappa shape index (κ1) is 2.66. The Labute approximate surface area is 30.2 Å². The molecular weight excluding hydrogens is 66.0 g/mol. The summed E-state index contributed by atoms with van der Waals surface area (Å²) >= 11 is 0. The minimum atomic E-state index is 0.865. The number of hydrazine groups is 1. The second-order valence-corrected chi connectivity index (χ2v) is 0.857. The van der Waals surface area contributed by atoms with Gasteiger partial charge in [0.05, 0.1) is 0 Å². The van der Waals surface area contributed by atoms with Crippen LogP contribution in [0.15, 0.2) is 5.10 Å². The van der Waals surface area contributed by atoms with Crippen molar-refractivity contribution in [2.24, 2.45) is 5.10 Å². The van der Waals surface area contributed by atoms with Crippen LogP contribution in [-0.2, 0) is 0 Å². The summed E-state index contributed by atoms with van der Waals surface area (Å²) in [6.07, 6.45) is 0. The van der Waals surface area contributed by atoms with E-state index in [4.69, 9.17) is 0 Å². The number of nitrogens with one attached hydrogen (secondary N) is 1. The summed E-state index contributed by atoms with van der Waals surface area (Å²) in [6, 6.07) is 0. The molecule has 0 aromatic carbocycles. The maximum absolute atomic E-state index is 3.47. The molecule has 0 bridgehead atoms.